The molecule has 116 valence electrons. The van der Waals surface area contributed by atoms with Gasteiger partial charge in [-0.15, -0.1) is 0 Å². The fourth-order valence-corrected chi connectivity index (χ4v) is 5.86. The first-order chi connectivity index (χ1) is 9.65. The van der Waals surface area contributed by atoms with Crippen LogP contribution in [-0.2, 0) is 15.6 Å². The third-order valence-electron chi connectivity index (χ3n) is 4.07. The van der Waals surface area contributed by atoms with E-state index in [0.29, 0.717) is 0 Å². The number of amides is 1. The van der Waals surface area contributed by atoms with E-state index < -0.39 is 19.9 Å². The Morgan fingerprint density at radius 2 is 1.86 bits per heavy atom. The van der Waals surface area contributed by atoms with Gasteiger partial charge in [-0.25, -0.2) is 0 Å². The minimum atomic E-state index is -1.45. The van der Waals surface area contributed by atoms with E-state index in [1.807, 2.05) is 31.2 Å². The summed E-state index contributed by atoms with van der Waals surface area (Å²) in [6.45, 7) is 3.61. The van der Waals surface area contributed by atoms with Crippen molar-refractivity contribution in [2.24, 2.45) is 5.92 Å². The molecule has 1 fully saturated rings. The highest BCUT2D eigenvalue weighted by Gasteiger charge is 2.81. The second-order valence-electron chi connectivity index (χ2n) is 5.28. The van der Waals surface area contributed by atoms with Crippen LogP contribution in [0.3, 0.4) is 0 Å². The second-order valence-corrected chi connectivity index (χ2v) is 9.13. The minimum Gasteiger partial charge on any atom is -0.348 e. The third-order valence-corrected chi connectivity index (χ3v) is 7.85. The molecule has 1 amide bonds. The summed E-state index contributed by atoms with van der Waals surface area (Å²) < 4.78 is 10.5. The molecular formula is C14H16BrCl2NO2S. The van der Waals surface area contributed by atoms with E-state index in [9.17, 15) is 9.00 Å². The fourth-order valence-electron chi connectivity index (χ4n) is 2.60. The monoisotopic (exact) mass is 411 g/mol. The maximum Gasteiger partial charge on any atom is 0.242 e. The molecule has 0 spiro atoms. The Bertz CT molecular complexity index is 593. The Morgan fingerprint density at radius 3 is 2.24 bits per heavy atom. The number of carbonyl (C=O) groups is 1. The quantitative estimate of drug-likeness (QED) is 0.768. The lowest BCUT2D eigenvalue weighted by molar-refractivity contribution is -0.122. The summed E-state index contributed by atoms with van der Waals surface area (Å²) in [6.07, 6.45) is 1.47. The van der Waals surface area contributed by atoms with Gasteiger partial charge in [-0.2, -0.15) is 0 Å². The number of rotatable bonds is 4. The van der Waals surface area contributed by atoms with Crippen molar-refractivity contribution in [2.45, 2.75) is 29.0 Å². The lowest BCUT2D eigenvalue weighted by Gasteiger charge is -2.20. The Hall–Kier alpha value is -0.100. The van der Waals surface area contributed by atoms with Crippen LogP contribution in [-0.4, -0.2) is 25.5 Å². The molecule has 0 aromatic heterocycles. The van der Waals surface area contributed by atoms with Crippen LogP contribution in [0.15, 0.2) is 28.7 Å². The molecule has 0 aliphatic heterocycles. The van der Waals surface area contributed by atoms with E-state index in [-0.39, 0.29) is 17.9 Å². The van der Waals surface area contributed by atoms with Gasteiger partial charge in [0.15, 0.2) is 4.75 Å². The standard InChI is InChI=1S/C14H16BrCl2NO2S/c1-8(10-4-6-11(15)7-5-10)18-12(19)13(21(3)20)9(2)14(13,16)17/h4-9H,1-3H3,(H,18,19)/t8?,9-,13-,21+/m1/s1. The predicted molar refractivity (Wildman–Crippen MR) is 91.1 cm³/mol. The molecule has 0 saturated heterocycles. The Kier molecular flexibility index (Phi) is 4.80. The van der Waals surface area contributed by atoms with Gasteiger partial charge in [0.1, 0.15) is 4.33 Å². The van der Waals surface area contributed by atoms with E-state index in [4.69, 9.17) is 23.2 Å². The number of hydrogen-bond acceptors (Lipinski definition) is 2. The van der Waals surface area contributed by atoms with Crippen LogP contribution in [0.1, 0.15) is 25.5 Å². The molecule has 1 N–H and O–H groups in total. The maximum atomic E-state index is 12.6. The van der Waals surface area contributed by atoms with Crippen LogP contribution in [0.4, 0.5) is 0 Å². The summed E-state index contributed by atoms with van der Waals surface area (Å²) in [6, 6.07) is 7.41. The van der Waals surface area contributed by atoms with Crippen molar-refractivity contribution in [2.75, 3.05) is 6.26 Å². The molecule has 1 aromatic carbocycles. The molecule has 1 aliphatic carbocycles. The molecule has 0 bridgehead atoms. The molecule has 2 rings (SSSR count). The van der Waals surface area contributed by atoms with Gasteiger partial charge in [-0.1, -0.05) is 58.2 Å². The van der Waals surface area contributed by atoms with E-state index in [1.165, 1.54) is 6.26 Å². The molecule has 0 heterocycles. The van der Waals surface area contributed by atoms with E-state index in [1.54, 1.807) is 6.92 Å². The predicted octanol–water partition coefficient (Wildman–Crippen LogP) is 3.57. The van der Waals surface area contributed by atoms with Gasteiger partial charge in [0.25, 0.3) is 0 Å². The number of halogens is 3. The van der Waals surface area contributed by atoms with E-state index in [2.05, 4.69) is 21.2 Å². The number of hydrogen-bond donors (Lipinski definition) is 1. The third kappa shape index (κ3) is 2.67. The molecule has 0 radical (unpaired) electrons. The summed E-state index contributed by atoms with van der Waals surface area (Å²) in [5.41, 5.74) is 0.951. The lowest BCUT2D eigenvalue weighted by atomic mass is 10.1. The Labute approximate surface area is 145 Å². The molecule has 1 saturated carbocycles. The van der Waals surface area contributed by atoms with Crippen molar-refractivity contribution in [3.05, 3.63) is 34.3 Å². The molecule has 7 heteroatoms. The zero-order valence-corrected chi connectivity index (χ0v) is 15.7. The first-order valence-corrected chi connectivity index (χ1v) is 9.54. The van der Waals surface area contributed by atoms with Gasteiger partial charge in [0, 0.05) is 27.4 Å². The highest BCUT2D eigenvalue weighted by Crippen LogP contribution is 2.65. The van der Waals surface area contributed by atoms with Crippen LogP contribution in [0.5, 0.6) is 0 Å². The van der Waals surface area contributed by atoms with Crippen molar-refractivity contribution >= 4 is 55.8 Å². The molecule has 21 heavy (non-hydrogen) atoms. The van der Waals surface area contributed by atoms with Gasteiger partial charge in [-0.3, -0.25) is 9.00 Å². The van der Waals surface area contributed by atoms with Gasteiger partial charge in [0.05, 0.1) is 6.04 Å². The largest absolute Gasteiger partial charge is 0.348 e. The maximum absolute atomic E-state index is 12.6. The smallest absolute Gasteiger partial charge is 0.242 e. The average molecular weight is 413 g/mol. The number of nitrogens with one attached hydrogen (secondary N) is 1. The first-order valence-electron chi connectivity index (χ1n) is 6.43. The number of benzene rings is 1. The SMILES string of the molecule is CC(NC(=O)[C@]1([S@](C)=O)[C@@H](C)C1(Cl)Cl)c1ccc(Br)cc1. The average Bonchev–Trinajstić information content (AvgIpc) is 2.85. The van der Waals surface area contributed by atoms with Crippen LogP contribution >= 0.6 is 39.1 Å². The van der Waals surface area contributed by atoms with E-state index in [0.717, 1.165) is 10.0 Å². The van der Waals surface area contributed by atoms with Crippen molar-refractivity contribution in [1.29, 1.82) is 0 Å². The van der Waals surface area contributed by atoms with Crippen LogP contribution < -0.4 is 5.32 Å². The lowest BCUT2D eigenvalue weighted by Crippen LogP contribution is -2.44. The molecular weight excluding hydrogens is 397 g/mol. The topological polar surface area (TPSA) is 46.2 Å². The van der Waals surface area contributed by atoms with Crippen LogP contribution in [0.2, 0.25) is 0 Å². The normalized spacial score (nSPS) is 29.5. The minimum absolute atomic E-state index is 0.219. The molecule has 1 aliphatic rings. The van der Waals surface area contributed by atoms with Gasteiger partial charge in [0.2, 0.25) is 5.91 Å². The summed E-state index contributed by atoms with van der Waals surface area (Å²) in [5, 5.41) is 2.87. The van der Waals surface area contributed by atoms with Gasteiger partial charge >= 0.3 is 0 Å². The van der Waals surface area contributed by atoms with Crippen molar-refractivity contribution in [3.63, 3.8) is 0 Å². The van der Waals surface area contributed by atoms with Gasteiger partial charge < -0.3 is 5.32 Å². The molecule has 4 atom stereocenters. The molecule has 3 nitrogen and oxygen atoms in total. The van der Waals surface area contributed by atoms with Gasteiger partial charge in [-0.05, 0) is 24.6 Å². The molecule has 1 aromatic rings. The highest BCUT2D eigenvalue weighted by molar-refractivity contribution is 9.10. The summed E-state index contributed by atoms with van der Waals surface area (Å²) in [7, 11) is -1.45. The summed E-state index contributed by atoms with van der Waals surface area (Å²) in [5.74, 6) is -0.715. The summed E-state index contributed by atoms with van der Waals surface area (Å²) >= 11 is 15.7. The number of alkyl halides is 2. The first kappa shape index (κ1) is 17.3. The molecule has 1 unspecified atom stereocenters. The van der Waals surface area contributed by atoms with Crippen LogP contribution in [0, 0.1) is 5.92 Å². The van der Waals surface area contributed by atoms with Crippen LogP contribution in [0.25, 0.3) is 0 Å². The fraction of sp³-hybridized carbons (Fsp3) is 0.500. The Balaban J connectivity index is 2.18. The van der Waals surface area contributed by atoms with Crippen molar-refractivity contribution < 1.29 is 9.00 Å². The van der Waals surface area contributed by atoms with E-state index >= 15 is 0 Å². The number of carbonyl (C=O) groups excluding carboxylic acids is 1. The zero-order chi connectivity index (χ0) is 16.0. The zero-order valence-electron chi connectivity index (χ0n) is 11.8. The second kappa shape index (κ2) is 5.84. The van der Waals surface area contributed by atoms with Crippen molar-refractivity contribution in [3.8, 4) is 0 Å². The van der Waals surface area contributed by atoms with Crippen molar-refractivity contribution in [1.82, 2.24) is 5.32 Å². The Morgan fingerprint density at radius 1 is 1.38 bits per heavy atom. The summed E-state index contributed by atoms with van der Waals surface area (Å²) in [4.78, 5) is 12.6. The highest BCUT2D eigenvalue weighted by atomic mass is 79.9.